The van der Waals surface area contributed by atoms with E-state index in [0.29, 0.717) is 25.3 Å². The van der Waals surface area contributed by atoms with Crippen molar-refractivity contribution in [3.8, 4) is 0 Å². The standard InChI is InChI=1S/C9H14N4O4/c1-2-6(8(14)15)13-9(16)10-4-3-7-11-5-12-17-7/h5-6H,2-4H2,1H3,(H,14,15)(H2,10,13,16). The zero-order valence-electron chi connectivity index (χ0n) is 9.34. The molecule has 8 heteroatoms. The van der Waals surface area contributed by atoms with Gasteiger partial charge in [0.2, 0.25) is 5.89 Å². The molecule has 3 N–H and O–H groups in total. The summed E-state index contributed by atoms with van der Waals surface area (Å²) in [4.78, 5) is 25.7. The van der Waals surface area contributed by atoms with Gasteiger partial charge < -0.3 is 20.3 Å². The molecule has 0 aliphatic heterocycles. The molecule has 0 saturated heterocycles. The minimum absolute atomic E-state index is 0.296. The zero-order chi connectivity index (χ0) is 12.7. The van der Waals surface area contributed by atoms with Crippen LogP contribution >= 0.6 is 0 Å². The van der Waals surface area contributed by atoms with Crippen molar-refractivity contribution in [3.63, 3.8) is 0 Å². The summed E-state index contributed by atoms with van der Waals surface area (Å²) in [6, 6.07) is -1.41. The van der Waals surface area contributed by atoms with E-state index in [1.54, 1.807) is 6.92 Å². The molecule has 0 spiro atoms. The monoisotopic (exact) mass is 242 g/mol. The molecule has 0 aliphatic carbocycles. The van der Waals surface area contributed by atoms with Crippen molar-refractivity contribution in [1.82, 2.24) is 20.8 Å². The maximum Gasteiger partial charge on any atom is 0.326 e. The van der Waals surface area contributed by atoms with Crippen molar-refractivity contribution in [2.45, 2.75) is 25.8 Å². The Morgan fingerprint density at radius 1 is 1.59 bits per heavy atom. The maximum atomic E-state index is 11.3. The van der Waals surface area contributed by atoms with Crippen molar-refractivity contribution in [1.29, 1.82) is 0 Å². The molecule has 1 unspecified atom stereocenters. The van der Waals surface area contributed by atoms with Gasteiger partial charge in [0.1, 0.15) is 6.04 Å². The number of aromatic nitrogens is 2. The van der Waals surface area contributed by atoms with Gasteiger partial charge in [0.25, 0.3) is 0 Å². The number of hydrogen-bond donors (Lipinski definition) is 3. The molecule has 2 amide bonds. The van der Waals surface area contributed by atoms with Crippen LogP contribution in [0.5, 0.6) is 0 Å². The fourth-order valence-electron chi connectivity index (χ4n) is 1.14. The number of amides is 2. The third-order valence-corrected chi connectivity index (χ3v) is 2.04. The van der Waals surface area contributed by atoms with Crippen molar-refractivity contribution in [2.75, 3.05) is 6.54 Å². The highest BCUT2D eigenvalue weighted by atomic mass is 16.5. The minimum Gasteiger partial charge on any atom is -0.480 e. The number of carboxylic acids is 1. The molecule has 8 nitrogen and oxygen atoms in total. The first-order chi connectivity index (χ1) is 8.13. The molecule has 1 rings (SSSR count). The number of carboxylic acid groups (broad SMARTS) is 1. The van der Waals surface area contributed by atoms with Crippen molar-refractivity contribution in [3.05, 3.63) is 12.2 Å². The Hall–Kier alpha value is -2.12. The summed E-state index contributed by atoms with van der Waals surface area (Å²) in [6.45, 7) is 1.97. The number of hydrogen-bond acceptors (Lipinski definition) is 5. The first-order valence-electron chi connectivity index (χ1n) is 5.16. The van der Waals surface area contributed by atoms with Gasteiger partial charge in [-0.25, -0.2) is 9.59 Å². The molecule has 0 aliphatic rings. The van der Waals surface area contributed by atoms with Gasteiger partial charge in [0, 0.05) is 13.0 Å². The second-order valence-corrected chi connectivity index (χ2v) is 3.28. The number of carbonyl (C=O) groups excluding carboxylic acids is 1. The Morgan fingerprint density at radius 2 is 2.35 bits per heavy atom. The summed E-state index contributed by atoms with van der Waals surface area (Å²) in [5.41, 5.74) is 0. The molecular formula is C9H14N4O4. The highest BCUT2D eigenvalue weighted by molar-refractivity contribution is 5.82. The summed E-state index contributed by atoms with van der Waals surface area (Å²) in [6.07, 6.45) is 2.00. The Kier molecular flexibility index (Phi) is 4.92. The fourth-order valence-corrected chi connectivity index (χ4v) is 1.14. The van der Waals surface area contributed by atoms with Gasteiger partial charge in [0.15, 0.2) is 6.33 Å². The third kappa shape index (κ3) is 4.49. The van der Waals surface area contributed by atoms with Crippen LogP contribution < -0.4 is 10.6 Å². The number of carbonyl (C=O) groups is 2. The predicted molar refractivity (Wildman–Crippen MR) is 56.3 cm³/mol. The van der Waals surface area contributed by atoms with Crippen LogP contribution in [0.3, 0.4) is 0 Å². The SMILES string of the molecule is CCC(NC(=O)NCCc1ncno1)C(=O)O. The molecule has 1 atom stereocenters. The van der Waals surface area contributed by atoms with Crippen LogP contribution in [-0.4, -0.2) is 39.8 Å². The molecule has 0 aromatic carbocycles. The number of nitrogens with one attached hydrogen (secondary N) is 2. The van der Waals surface area contributed by atoms with Crippen LogP contribution in [0.1, 0.15) is 19.2 Å². The van der Waals surface area contributed by atoms with Crippen molar-refractivity contribution in [2.24, 2.45) is 0 Å². The molecule has 0 bridgehead atoms. The van der Waals surface area contributed by atoms with Crippen molar-refractivity contribution >= 4 is 12.0 Å². The van der Waals surface area contributed by atoms with Gasteiger partial charge in [-0.3, -0.25) is 0 Å². The lowest BCUT2D eigenvalue weighted by Gasteiger charge is -2.12. The van der Waals surface area contributed by atoms with E-state index in [4.69, 9.17) is 9.63 Å². The largest absolute Gasteiger partial charge is 0.480 e. The summed E-state index contributed by atoms with van der Waals surface area (Å²) in [7, 11) is 0. The zero-order valence-corrected chi connectivity index (χ0v) is 9.34. The van der Waals surface area contributed by atoms with Crippen LogP contribution in [-0.2, 0) is 11.2 Å². The lowest BCUT2D eigenvalue weighted by Crippen LogP contribution is -2.46. The Bertz CT molecular complexity index is 365. The van der Waals surface area contributed by atoms with E-state index in [0.717, 1.165) is 0 Å². The lowest BCUT2D eigenvalue weighted by atomic mass is 10.2. The highest BCUT2D eigenvalue weighted by Crippen LogP contribution is 1.92. The number of aliphatic carboxylic acids is 1. The molecule has 0 radical (unpaired) electrons. The quantitative estimate of drug-likeness (QED) is 0.634. The fraction of sp³-hybridized carbons (Fsp3) is 0.556. The third-order valence-electron chi connectivity index (χ3n) is 2.04. The summed E-state index contributed by atoms with van der Waals surface area (Å²) < 4.78 is 4.73. The van der Waals surface area contributed by atoms with Gasteiger partial charge in [-0.15, -0.1) is 0 Å². The molecular weight excluding hydrogens is 228 g/mol. The average molecular weight is 242 g/mol. The van der Waals surface area contributed by atoms with Gasteiger partial charge in [-0.05, 0) is 6.42 Å². The van der Waals surface area contributed by atoms with E-state index in [9.17, 15) is 9.59 Å². The highest BCUT2D eigenvalue weighted by Gasteiger charge is 2.16. The van der Waals surface area contributed by atoms with Gasteiger partial charge in [-0.2, -0.15) is 4.98 Å². The summed E-state index contributed by atoms with van der Waals surface area (Å²) in [5.74, 6) is -0.643. The van der Waals surface area contributed by atoms with Gasteiger partial charge in [0.05, 0.1) is 0 Å². The molecule has 0 fully saturated rings. The Balaban J connectivity index is 2.23. The maximum absolute atomic E-state index is 11.3. The van der Waals surface area contributed by atoms with E-state index >= 15 is 0 Å². The summed E-state index contributed by atoms with van der Waals surface area (Å²) in [5, 5.41) is 17.0. The first kappa shape index (κ1) is 12.9. The Morgan fingerprint density at radius 3 is 2.88 bits per heavy atom. The first-order valence-corrected chi connectivity index (χ1v) is 5.16. The van der Waals surface area contributed by atoms with E-state index < -0.39 is 18.0 Å². The predicted octanol–water partition coefficient (Wildman–Crippen LogP) is -0.225. The topological polar surface area (TPSA) is 117 Å². The van der Waals surface area contributed by atoms with Crippen LogP contribution in [0.25, 0.3) is 0 Å². The normalized spacial score (nSPS) is 11.8. The second-order valence-electron chi connectivity index (χ2n) is 3.28. The number of urea groups is 1. The van der Waals surface area contributed by atoms with Gasteiger partial charge in [-0.1, -0.05) is 12.1 Å². The molecule has 1 aromatic heterocycles. The molecule has 94 valence electrons. The van der Waals surface area contributed by atoms with Gasteiger partial charge >= 0.3 is 12.0 Å². The number of nitrogens with zero attached hydrogens (tertiary/aromatic N) is 2. The molecule has 17 heavy (non-hydrogen) atoms. The van der Waals surface area contributed by atoms with Crippen LogP contribution in [0, 0.1) is 0 Å². The Labute approximate surface area is 97.4 Å². The lowest BCUT2D eigenvalue weighted by molar-refractivity contribution is -0.139. The van der Waals surface area contributed by atoms with Crippen LogP contribution in [0.4, 0.5) is 4.79 Å². The van der Waals surface area contributed by atoms with E-state index in [-0.39, 0.29) is 0 Å². The summed E-state index contributed by atoms with van der Waals surface area (Å²) >= 11 is 0. The smallest absolute Gasteiger partial charge is 0.326 e. The minimum atomic E-state index is -1.06. The van der Waals surface area contributed by atoms with Crippen molar-refractivity contribution < 1.29 is 19.2 Å². The van der Waals surface area contributed by atoms with Crippen LogP contribution in [0.15, 0.2) is 10.9 Å². The second kappa shape index (κ2) is 6.46. The molecule has 1 aromatic rings. The average Bonchev–Trinajstić information content (AvgIpc) is 2.78. The molecule has 1 heterocycles. The number of rotatable bonds is 6. The molecule has 0 saturated carbocycles. The van der Waals surface area contributed by atoms with E-state index in [1.807, 2.05) is 0 Å². The van der Waals surface area contributed by atoms with E-state index in [2.05, 4.69) is 20.8 Å². The van der Waals surface area contributed by atoms with Crippen LogP contribution in [0.2, 0.25) is 0 Å². The van der Waals surface area contributed by atoms with E-state index in [1.165, 1.54) is 6.33 Å².